The SMILES string of the molecule is COc1cccc(-c2noc(COC(=O)c3ccc([N+](=O)[O-])o3)n2)c1. The van der Waals surface area contributed by atoms with E-state index < -0.39 is 16.8 Å². The van der Waals surface area contributed by atoms with Gasteiger partial charge in [0.25, 0.3) is 5.89 Å². The third kappa shape index (κ3) is 3.63. The molecular formula is C15H11N3O7. The van der Waals surface area contributed by atoms with Gasteiger partial charge < -0.3 is 18.4 Å². The molecule has 0 atom stereocenters. The molecule has 25 heavy (non-hydrogen) atoms. The van der Waals surface area contributed by atoms with E-state index in [-0.39, 0.29) is 18.3 Å². The molecule has 10 nitrogen and oxygen atoms in total. The van der Waals surface area contributed by atoms with Gasteiger partial charge in [-0.05, 0) is 18.2 Å². The normalized spacial score (nSPS) is 10.4. The summed E-state index contributed by atoms with van der Waals surface area (Å²) in [6.07, 6.45) is 0. The largest absolute Gasteiger partial charge is 0.497 e. The molecule has 0 bridgehead atoms. The van der Waals surface area contributed by atoms with E-state index in [2.05, 4.69) is 10.1 Å². The van der Waals surface area contributed by atoms with Gasteiger partial charge in [0.05, 0.1) is 13.2 Å². The molecule has 0 aliphatic heterocycles. The zero-order valence-corrected chi connectivity index (χ0v) is 12.9. The van der Waals surface area contributed by atoms with Crippen molar-refractivity contribution in [3.8, 4) is 17.1 Å². The van der Waals surface area contributed by atoms with Gasteiger partial charge in [-0.15, -0.1) is 0 Å². The fourth-order valence-electron chi connectivity index (χ4n) is 1.93. The fraction of sp³-hybridized carbons (Fsp3) is 0.133. The zero-order valence-electron chi connectivity index (χ0n) is 12.9. The summed E-state index contributed by atoms with van der Waals surface area (Å²) in [5, 5.41) is 14.3. The molecule has 0 radical (unpaired) electrons. The average molecular weight is 345 g/mol. The van der Waals surface area contributed by atoms with E-state index in [0.29, 0.717) is 17.1 Å². The minimum Gasteiger partial charge on any atom is -0.497 e. The minimum atomic E-state index is -0.880. The number of carbonyl (C=O) groups is 1. The van der Waals surface area contributed by atoms with Crippen molar-refractivity contribution in [3.63, 3.8) is 0 Å². The third-order valence-corrected chi connectivity index (χ3v) is 3.10. The number of benzene rings is 1. The summed E-state index contributed by atoms with van der Waals surface area (Å²) in [5.41, 5.74) is 0.669. The molecule has 0 spiro atoms. The number of carbonyl (C=O) groups excluding carboxylic acids is 1. The lowest BCUT2D eigenvalue weighted by Crippen LogP contribution is -2.04. The Hall–Kier alpha value is -3.69. The molecule has 0 aliphatic rings. The van der Waals surface area contributed by atoms with Crippen molar-refractivity contribution in [2.24, 2.45) is 0 Å². The molecular weight excluding hydrogens is 334 g/mol. The number of esters is 1. The van der Waals surface area contributed by atoms with Crippen LogP contribution in [0.15, 0.2) is 45.3 Å². The quantitative estimate of drug-likeness (QED) is 0.375. The summed E-state index contributed by atoms with van der Waals surface area (Å²) in [6, 6.07) is 9.25. The molecule has 2 heterocycles. The molecule has 3 rings (SSSR count). The highest BCUT2D eigenvalue weighted by Crippen LogP contribution is 2.21. The van der Waals surface area contributed by atoms with Crippen LogP contribution < -0.4 is 4.74 Å². The number of nitrogens with zero attached hydrogens (tertiary/aromatic N) is 3. The molecule has 0 fully saturated rings. The Balaban J connectivity index is 1.65. The van der Waals surface area contributed by atoms with Gasteiger partial charge in [0.15, 0.2) is 6.61 Å². The number of methoxy groups -OCH3 is 1. The third-order valence-electron chi connectivity index (χ3n) is 3.10. The molecule has 128 valence electrons. The maximum absolute atomic E-state index is 11.8. The van der Waals surface area contributed by atoms with Gasteiger partial charge in [0, 0.05) is 5.56 Å². The van der Waals surface area contributed by atoms with Crippen molar-refractivity contribution in [2.75, 3.05) is 7.11 Å². The maximum Gasteiger partial charge on any atom is 0.433 e. The van der Waals surface area contributed by atoms with Crippen LogP contribution in [-0.2, 0) is 11.3 Å². The van der Waals surface area contributed by atoms with E-state index in [4.69, 9.17) is 18.4 Å². The highest BCUT2D eigenvalue weighted by Gasteiger charge is 2.19. The number of hydrogen-bond acceptors (Lipinski definition) is 9. The van der Waals surface area contributed by atoms with Crippen molar-refractivity contribution >= 4 is 11.9 Å². The summed E-state index contributed by atoms with van der Waals surface area (Å²) in [4.78, 5) is 25.6. The van der Waals surface area contributed by atoms with Gasteiger partial charge in [0.1, 0.15) is 10.7 Å². The number of aromatic nitrogens is 2. The van der Waals surface area contributed by atoms with Crippen LogP contribution in [0, 0.1) is 10.1 Å². The lowest BCUT2D eigenvalue weighted by molar-refractivity contribution is -0.402. The van der Waals surface area contributed by atoms with Crippen LogP contribution in [0.3, 0.4) is 0 Å². The Labute approximate surface area is 140 Å². The van der Waals surface area contributed by atoms with Crippen LogP contribution in [0.4, 0.5) is 5.88 Å². The topological polar surface area (TPSA) is 131 Å². The minimum absolute atomic E-state index is 0.0622. The molecule has 1 aromatic carbocycles. The summed E-state index contributed by atoms with van der Waals surface area (Å²) in [6.45, 7) is -0.301. The lowest BCUT2D eigenvalue weighted by atomic mass is 10.2. The molecule has 0 amide bonds. The number of nitro groups is 1. The Morgan fingerprint density at radius 1 is 1.32 bits per heavy atom. The van der Waals surface area contributed by atoms with Gasteiger partial charge >= 0.3 is 11.9 Å². The van der Waals surface area contributed by atoms with Crippen LogP contribution in [-0.4, -0.2) is 28.1 Å². The molecule has 0 aliphatic carbocycles. The lowest BCUT2D eigenvalue weighted by Gasteiger charge is -2.00. The van der Waals surface area contributed by atoms with Crippen molar-refractivity contribution in [1.82, 2.24) is 10.1 Å². The van der Waals surface area contributed by atoms with Crippen molar-refractivity contribution in [3.05, 3.63) is 58.2 Å². The van der Waals surface area contributed by atoms with Crippen LogP contribution in [0.1, 0.15) is 16.4 Å². The molecule has 2 aromatic heterocycles. The monoisotopic (exact) mass is 345 g/mol. The second-order valence-corrected chi connectivity index (χ2v) is 4.71. The molecule has 0 saturated heterocycles. The number of hydrogen-bond donors (Lipinski definition) is 0. The van der Waals surface area contributed by atoms with E-state index in [1.807, 2.05) is 0 Å². The molecule has 0 saturated carbocycles. The Bertz CT molecular complexity index is 915. The standard InChI is InChI=1S/C15H11N3O7/c1-22-10-4-2-3-9(7-10)14-16-12(25-17-14)8-23-15(19)11-5-6-13(24-11)18(20)21/h2-7H,8H2,1H3. The summed E-state index contributed by atoms with van der Waals surface area (Å²) < 4.78 is 19.8. The van der Waals surface area contributed by atoms with Gasteiger partial charge in [-0.25, -0.2) is 4.79 Å². The summed E-state index contributed by atoms with van der Waals surface area (Å²) in [5.74, 6) is -0.723. The van der Waals surface area contributed by atoms with E-state index in [9.17, 15) is 14.9 Å². The van der Waals surface area contributed by atoms with Gasteiger partial charge in [-0.3, -0.25) is 10.1 Å². The molecule has 3 aromatic rings. The number of ether oxygens (including phenoxy) is 2. The van der Waals surface area contributed by atoms with E-state index in [1.54, 1.807) is 31.4 Å². The highest BCUT2D eigenvalue weighted by atomic mass is 16.7. The summed E-state index contributed by atoms with van der Waals surface area (Å²) >= 11 is 0. The number of furan rings is 1. The second kappa shape index (κ2) is 6.83. The molecule has 10 heteroatoms. The predicted molar refractivity (Wildman–Crippen MR) is 80.8 cm³/mol. The smallest absolute Gasteiger partial charge is 0.433 e. The zero-order chi connectivity index (χ0) is 17.8. The molecule has 0 unspecified atom stereocenters. The van der Waals surface area contributed by atoms with E-state index >= 15 is 0 Å². The van der Waals surface area contributed by atoms with Crippen LogP contribution in [0.5, 0.6) is 5.75 Å². The van der Waals surface area contributed by atoms with Gasteiger partial charge in [0.2, 0.25) is 11.6 Å². The Morgan fingerprint density at radius 3 is 2.88 bits per heavy atom. The summed E-state index contributed by atoms with van der Waals surface area (Å²) in [7, 11) is 1.54. The highest BCUT2D eigenvalue weighted by molar-refractivity contribution is 5.86. The van der Waals surface area contributed by atoms with Crippen molar-refractivity contribution in [1.29, 1.82) is 0 Å². The van der Waals surface area contributed by atoms with E-state index in [1.165, 1.54) is 0 Å². The van der Waals surface area contributed by atoms with Crippen molar-refractivity contribution in [2.45, 2.75) is 6.61 Å². The maximum atomic E-state index is 11.8. The van der Waals surface area contributed by atoms with Crippen LogP contribution in [0.25, 0.3) is 11.4 Å². The first-order valence-corrected chi connectivity index (χ1v) is 6.95. The van der Waals surface area contributed by atoms with Crippen LogP contribution in [0.2, 0.25) is 0 Å². The first kappa shape index (κ1) is 16.2. The predicted octanol–water partition coefficient (Wildman–Crippen LogP) is 2.60. The second-order valence-electron chi connectivity index (χ2n) is 4.71. The first-order valence-electron chi connectivity index (χ1n) is 6.95. The Morgan fingerprint density at radius 2 is 2.16 bits per heavy atom. The fourth-order valence-corrected chi connectivity index (χ4v) is 1.93. The van der Waals surface area contributed by atoms with Gasteiger partial charge in [-0.2, -0.15) is 4.98 Å². The van der Waals surface area contributed by atoms with Crippen molar-refractivity contribution < 1.29 is 28.1 Å². The Kier molecular flexibility index (Phi) is 4.42. The first-order chi connectivity index (χ1) is 12.1. The van der Waals surface area contributed by atoms with Gasteiger partial charge in [-0.1, -0.05) is 17.3 Å². The number of rotatable bonds is 6. The van der Waals surface area contributed by atoms with Crippen LogP contribution >= 0.6 is 0 Å². The van der Waals surface area contributed by atoms with E-state index in [0.717, 1.165) is 12.1 Å². The molecule has 0 N–H and O–H groups in total. The average Bonchev–Trinajstić information content (AvgIpc) is 3.29.